The fraction of sp³-hybridized carbons (Fsp3) is 0.375. The number of nitrogens with zero attached hydrogens (tertiary/aromatic N) is 2. The summed E-state index contributed by atoms with van der Waals surface area (Å²) in [6.45, 7) is 0.602. The molecule has 0 bridgehead atoms. The summed E-state index contributed by atoms with van der Waals surface area (Å²) < 4.78 is 20.8. The Balaban J connectivity index is 1.89. The van der Waals surface area contributed by atoms with Gasteiger partial charge in [0.15, 0.2) is 0 Å². The highest BCUT2D eigenvalue weighted by Gasteiger charge is 2.28. The van der Waals surface area contributed by atoms with Crippen LogP contribution in [-0.4, -0.2) is 28.2 Å². The third-order valence-electron chi connectivity index (χ3n) is 3.81. The van der Waals surface area contributed by atoms with Crippen LogP contribution >= 0.6 is 0 Å². The number of nitrogens with one attached hydrogen (secondary N) is 1. The van der Waals surface area contributed by atoms with Crippen LogP contribution in [0.15, 0.2) is 36.7 Å². The molecule has 1 amide bonds. The Morgan fingerprint density at radius 3 is 3.05 bits per heavy atom. The maximum absolute atomic E-state index is 13.5. The number of halogens is 1. The van der Waals surface area contributed by atoms with E-state index in [-0.39, 0.29) is 11.7 Å². The van der Waals surface area contributed by atoms with Gasteiger partial charge in [0.1, 0.15) is 23.8 Å². The number of carbonyl (C=O) groups excluding carboxylic acids is 1. The highest BCUT2D eigenvalue weighted by atomic mass is 19.1. The summed E-state index contributed by atoms with van der Waals surface area (Å²) in [5.41, 5.74) is 0.653. The fourth-order valence-electron chi connectivity index (χ4n) is 2.66. The zero-order valence-electron chi connectivity index (χ0n) is 12.3. The van der Waals surface area contributed by atoms with E-state index in [1.807, 2.05) is 11.6 Å². The maximum Gasteiger partial charge on any atom is 0.249 e. The van der Waals surface area contributed by atoms with Gasteiger partial charge in [0.25, 0.3) is 0 Å². The molecular formula is C16H18FN3O2. The van der Waals surface area contributed by atoms with Crippen molar-refractivity contribution in [1.82, 2.24) is 14.9 Å². The molecule has 1 aliphatic heterocycles. The second-order valence-corrected chi connectivity index (χ2v) is 5.39. The molecule has 0 radical (unpaired) electrons. The largest absolute Gasteiger partial charge is 0.368 e. The Kier molecular flexibility index (Phi) is 4.20. The SMILES string of the molecule is Cn1ccnc1[C@H](NC(=O)[C@@H]1CCCO1)c1cccc(F)c1. The monoisotopic (exact) mass is 303 g/mol. The quantitative estimate of drug-likeness (QED) is 0.939. The van der Waals surface area contributed by atoms with E-state index < -0.39 is 12.1 Å². The number of amides is 1. The van der Waals surface area contributed by atoms with Gasteiger partial charge in [-0.3, -0.25) is 4.79 Å². The molecule has 6 heteroatoms. The van der Waals surface area contributed by atoms with Crippen molar-refractivity contribution in [2.45, 2.75) is 25.0 Å². The lowest BCUT2D eigenvalue weighted by Crippen LogP contribution is -2.38. The fourth-order valence-corrected chi connectivity index (χ4v) is 2.66. The van der Waals surface area contributed by atoms with Crippen LogP contribution in [0.4, 0.5) is 4.39 Å². The molecule has 3 rings (SSSR count). The zero-order chi connectivity index (χ0) is 15.5. The van der Waals surface area contributed by atoms with Crippen molar-refractivity contribution in [3.8, 4) is 0 Å². The number of imidazole rings is 1. The molecule has 1 aliphatic rings. The van der Waals surface area contributed by atoms with Crippen LogP contribution in [0.25, 0.3) is 0 Å². The Labute approximate surface area is 128 Å². The van der Waals surface area contributed by atoms with Crippen LogP contribution < -0.4 is 5.32 Å². The first-order chi connectivity index (χ1) is 10.6. The van der Waals surface area contributed by atoms with E-state index in [4.69, 9.17) is 4.74 Å². The van der Waals surface area contributed by atoms with Gasteiger partial charge in [-0.1, -0.05) is 12.1 Å². The third-order valence-corrected chi connectivity index (χ3v) is 3.81. The van der Waals surface area contributed by atoms with Crippen molar-refractivity contribution >= 4 is 5.91 Å². The van der Waals surface area contributed by atoms with Crippen LogP contribution in [0, 0.1) is 5.82 Å². The highest BCUT2D eigenvalue weighted by molar-refractivity contribution is 5.81. The predicted molar refractivity (Wildman–Crippen MR) is 78.6 cm³/mol. The Morgan fingerprint density at radius 2 is 2.41 bits per heavy atom. The lowest BCUT2D eigenvalue weighted by atomic mass is 10.1. The zero-order valence-corrected chi connectivity index (χ0v) is 12.3. The number of rotatable bonds is 4. The number of ether oxygens (including phenoxy) is 1. The van der Waals surface area contributed by atoms with Gasteiger partial charge in [0, 0.05) is 26.0 Å². The molecule has 1 saturated heterocycles. The summed E-state index contributed by atoms with van der Waals surface area (Å²) in [6.07, 6.45) is 4.60. The smallest absolute Gasteiger partial charge is 0.249 e. The standard InChI is InChI=1S/C16H18FN3O2/c1-20-8-7-18-15(20)14(11-4-2-5-12(17)10-11)19-16(21)13-6-3-9-22-13/h2,4-5,7-8,10,13-14H,3,6,9H2,1H3,(H,19,21)/t13-,14+/m0/s1. The Morgan fingerprint density at radius 1 is 1.55 bits per heavy atom. The second kappa shape index (κ2) is 6.27. The van der Waals surface area contributed by atoms with Crippen molar-refractivity contribution in [3.63, 3.8) is 0 Å². The summed E-state index contributed by atoms with van der Waals surface area (Å²) in [7, 11) is 1.84. The number of hydrogen-bond donors (Lipinski definition) is 1. The van der Waals surface area contributed by atoms with Crippen molar-refractivity contribution in [2.75, 3.05) is 6.61 Å². The Bertz CT molecular complexity index is 665. The van der Waals surface area contributed by atoms with E-state index in [9.17, 15) is 9.18 Å². The van der Waals surface area contributed by atoms with E-state index in [0.29, 0.717) is 24.4 Å². The molecule has 0 aliphatic carbocycles. The molecule has 22 heavy (non-hydrogen) atoms. The molecule has 1 N–H and O–H groups in total. The number of hydrogen-bond acceptors (Lipinski definition) is 3. The number of carbonyl (C=O) groups is 1. The van der Waals surface area contributed by atoms with E-state index >= 15 is 0 Å². The first kappa shape index (κ1) is 14.7. The lowest BCUT2D eigenvalue weighted by Gasteiger charge is -2.21. The molecular weight excluding hydrogens is 285 g/mol. The van der Waals surface area contributed by atoms with E-state index in [1.165, 1.54) is 12.1 Å². The summed E-state index contributed by atoms with van der Waals surface area (Å²) in [4.78, 5) is 16.6. The average molecular weight is 303 g/mol. The van der Waals surface area contributed by atoms with Gasteiger partial charge < -0.3 is 14.6 Å². The normalized spacial score (nSPS) is 19.1. The first-order valence-electron chi connectivity index (χ1n) is 7.30. The molecule has 2 atom stereocenters. The maximum atomic E-state index is 13.5. The van der Waals surface area contributed by atoms with Crippen molar-refractivity contribution in [2.24, 2.45) is 7.05 Å². The molecule has 0 spiro atoms. The topological polar surface area (TPSA) is 56.2 Å². The van der Waals surface area contributed by atoms with Crippen molar-refractivity contribution in [3.05, 3.63) is 53.9 Å². The van der Waals surface area contributed by atoms with E-state index in [2.05, 4.69) is 10.3 Å². The van der Waals surface area contributed by atoms with E-state index in [0.717, 1.165) is 6.42 Å². The van der Waals surface area contributed by atoms with Crippen molar-refractivity contribution in [1.29, 1.82) is 0 Å². The summed E-state index contributed by atoms with van der Waals surface area (Å²) in [5.74, 6) is 0.120. The molecule has 116 valence electrons. The van der Waals surface area contributed by atoms with Gasteiger partial charge in [0.05, 0.1) is 0 Å². The van der Waals surface area contributed by atoms with Crippen LogP contribution in [0.3, 0.4) is 0 Å². The molecule has 0 saturated carbocycles. The number of benzene rings is 1. The van der Waals surface area contributed by atoms with Gasteiger partial charge in [-0.05, 0) is 30.5 Å². The molecule has 5 nitrogen and oxygen atoms in total. The molecule has 0 unspecified atom stereocenters. The highest BCUT2D eigenvalue weighted by Crippen LogP contribution is 2.22. The van der Waals surface area contributed by atoms with Gasteiger partial charge in [-0.2, -0.15) is 0 Å². The molecule has 1 fully saturated rings. The number of aromatic nitrogens is 2. The average Bonchev–Trinajstić information content (AvgIpc) is 3.16. The van der Waals surface area contributed by atoms with Gasteiger partial charge in [-0.15, -0.1) is 0 Å². The summed E-state index contributed by atoms with van der Waals surface area (Å²) >= 11 is 0. The third kappa shape index (κ3) is 3.01. The molecule has 1 aromatic carbocycles. The predicted octanol–water partition coefficient (Wildman–Crippen LogP) is 1.94. The molecule has 2 aromatic rings. The molecule has 2 heterocycles. The summed E-state index contributed by atoms with van der Waals surface area (Å²) in [5, 5.41) is 2.93. The second-order valence-electron chi connectivity index (χ2n) is 5.39. The summed E-state index contributed by atoms with van der Waals surface area (Å²) in [6, 6.07) is 5.68. The minimum absolute atomic E-state index is 0.185. The van der Waals surface area contributed by atoms with E-state index in [1.54, 1.807) is 24.5 Å². The van der Waals surface area contributed by atoms with Crippen LogP contribution in [0.1, 0.15) is 30.3 Å². The van der Waals surface area contributed by atoms with Crippen LogP contribution in [0.5, 0.6) is 0 Å². The minimum Gasteiger partial charge on any atom is -0.368 e. The Hall–Kier alpha value is -2.21. The lowest BCUT2D eigenvalue weighted by molar-refractivity contribution is -0.130. The van der Waals surface area contributed by atoms with Crippen molar-refractivity contribution < 1.29 is 13.9 Å². The first-order valence-corrected chi connectivity index (χ1v) is 7.30. The van der Waals surface area contributed by atoms with Gasteiger partial charge >= 0.3 is 0 Å². The molecule has 1 aromatic heterocycles. The van der Waals surface area contributed by atoms with Gasteiger partial charge in [0.2, 0.25) is 5.91 Å². The van der Waals surface area contributed by atoms with Crippen LogP contribution in [0.2, 0.25) is 0 Å². The number of aryl methyl sites for hydroxylation is 1. The minimum atomic E-state index is -0.507. The van der Waals surface area contributed by atoms with Crippen LogP contribution in [-0.2, 0) is 16.6 Å². The van der Waals surface area contributed by atoms with Gasteiger partial charge in [-0.25, -0.2) is 9.37 Å².